The topological polar surface area (TPSA) is 49.8 Å². The smallest absolute Gasteiger partial charge is 0.334 e. The van der Waals surface area contributed by atoms with E-state index >= 15 is 0 Å². The van der Waals surface area contributed by atoms with Crippen LogP contribution in [0.4, 0.5) is 5.69 Å². The van der Waals surface area contributed by atoms with Crippen molar-refractivity contribution in [2.24, 2.45) is 0 Å². The molecule has 0 radical (unpaired) electrons. The first-order valence-electron chi connectivity index (χ1n) is 5.89. The van der Waals surface area contributed by atoms with Crippen LogP contribution in [0.25, 0.3) is 0 Å². The summed E-state index contributed by atoms with van der Waals surface area (Å²) in [5.41, 5.74) is 2.35. The van der Waals surface area contributed by atoms with Crippen molar-refractivity contribution in [3.63, 3.8) is 0 Å². The van der Waals surface area contributed by atoms with Gasteiger partial charge in [0, 0.05) is 12.2 Å². The molecular weight excluding hydrogens is 218 g/mol. The first kappa shape index (κ1) is 11.9. The average Bonchev–Trinajstić information content (AvgIpc) is 2.39. The normalized spacial score (nSPS) is 20.3. The number of carboxylic acids is 1. The fraction of sp³-hybridized carbons (Fsp3) is 0.462. The van der Waals surface area contributed by atoms with Gasteiger partial charge in [-0.3, -0.25) is 0 Å². The Morgan fingerprint density at radius 2 is 2.41 bits per heavy atom. The third-order valence-electron chi connectivity index (χ3n) is 3.03. The highest BCUT2D eigenvalue weighted by Gasteiger charge is 2.26. The van der Waals surface area contributed by atoms with Crippen LogP contribution in [0.3, 0.4) is 0 Å². The lowest BCUT2D eigenvalue weighted by atomic mass is 10.1. The molecule has 0 spiro atoms. The first-order chi connectivity index (χ1) is 8.20. The Bertz CT molecular complexity index is 405. The lowest BCUT2D eigenvalue weighted by molar-refractivity contribution is -0.150. The third kappa shape index (κ3) is 2.77. The molecule has 4 heteroatoms. The second-order valence-corrected chi connectivity index (χ2v) is 4.17. The third-order valence-corrected chi connectivity index (χ3v) is 3.03. The summed E-state index contributed by atoms with van der Waals surface area (Å²) in [6, 6.07) is 8.23. The summed E-state index contributed by atoms with van der Waals surface area (Å²) in [4.78, 5) is 13.0. The van der Waals surface area contributed by atoms with Crippen LogP contribution in [0.2, 0.25) is 0 Å². The molecule has 1 heterocycles. The van der Waals surface area contributed by atoms with Crippen molar-refractivity contribution in [2.45, 2.75) is 19.4 Å². The molecule has 17 heavy (non-hydrogen) atoms. The average molecular weight is 235 g/mol. The maximum atomic E-state index is 10.9. The lowest BCUT2D eigenvalue weighted by Crippen LogP contribution is -2.46. The van der Waals surface area contributed by atoms with E-state index in [1.807, 2.05) is 12.1 Å². The van der Waals surface area contributed by atoms with Gasteiger partial charge in [-0.25, -0.2) is 4.79 Å². The number of aryl methyl sites for hydroxylation is 1. The van der Waals surface area contributed by atoms with Crippen molar-refractivity contribution in [3.8, 4) is 0 Å². The van der Waals surface area contributed by atoms with Crippen LogP contribution >= 0.6 is 0 Å². The van der Waals surface area contributed by atoms with Gasteiger partial charge in [0.15, 0.2) is 6.10 Å². The highest BCUT2D eigenvalue weighted by molar-refractivity contribution is 5.73. The Hall–Kier alpha value is -1.55. The number of ether oxygens (including phenoxy) is 1. The molecule has 2 rings (SSSR count). The molecule has 1 aromatic rings. The van der Waals surface area contributed by atoms with Crippen LogP contribution in [0.5, 0.6) is 0 Å². The number of carbonyl (C=O) groups is 1. The fourth-order valence-electron chi connectivity index (χ4n) is 2.01. The summed E-state index contributed by atoms with van der Waals surface area (Å²) in [5.74, 6) is -0.888. The van der Waals surface area contributed by atoms with Crippen molar-refractivity contribution < 1.29 is 14.6 Å². The number of benzene rings is 1. The van der Waals surface area contributed by atoms with Gasteiger partial charge in [0.2, 0.25) is 0 Å². The molecule has 0 aliphatic carbocycles. The highest BCUT2D eigenvalue weighted by atomic mass is 16.5. The Labute approximate surface area is 101 Å². The van der Waals surface area contributed by atoms with Crippen LogP contribution in [0.15, 0.2) is 24.3 Å². The minimum Gasteiger partial charge on any atom is -0.479 e. The van der Waals surface area contributed by atoms with E-state index in [0.717, 1.165) is 18.7 Å². The van der Waals surface area contributed by atoms with Gasteiger partial charge < -0.3 is 14.7 Å². The minimum absolute atomic E-state index is 0.419. The molecule has 1 aliphatic heterocycles. The van der Waals surface area contributed by atoms with E-state index in [-0.39, 0.29) is 0 Å². The molecule has 1 N–H and O–H groups in total. The molecule has 0 amide bonds. The molecule has 1 saturated heterocycles. The summed E-state index contributed by atoms with van der Waals surface area (Å²) in [7, 11) is 0. The number of morpholine rings is 1. The quantitative estimate of drug-likeness (QED) is 0.863. The zero-order chi connectivity index (χ0) is 12.3. The number of hydrogen-bond donors (Lipinski definition) is 1. The van der Waals surface area contributed by atoms with Crippen molar-refractivity contribution in [2.75, 3.05) is 24.6 Å². The predicted octanol–water partition coefficient (Wildman–Crippen LogP) is 1.54. The Kier molecular flexibility index (Phi) is 3.64. The number of anilines is 1. The van der Waals surface area contributed by atoms with Gasteiger partial charge in [-0.1, -0.05) is 19.1 Å². The van der Waals surface area contributed by atoms with Crippen molar-refractivity contribution in [1.29, 1.82) is 0 Å². The van der Waals surface area contributed by atoms with Crippen LogP contribution < -0.4 is 4.90 Å². The van der Waals surface area contributed by atoms with Gasteiger partial charge in [0.25, 0.3) is 0 Å². The molecule has 0 bridgehead atoms. The molecule has 0 aromatic heterocycles. The van der Waals surface area contributed by atoms with Gasteiger partial charge in [-0.15, -0.1) is 0 Å². The van der Waals surface area contributed by atoms with E-state index in [1.165, 1.54) is 5.56 Å². The molecule has 1 fully saturated rings. The van der Waals surface area contributed by atoms with Crippen molar-refractivity contribution in [1.82, 2.24) is 0 Å². The summed E-state index contributed by atoms with van der Waals surface area (Å²) in [5, 5.41) is 8.95. The second kappa shape index (κ2) is 5.19. The zero-order valence-corrected chi connectivity index (χ0v) is 9.93. The number of rotatable bonds is 3. The maximum Gasteiger partial charge on any atom is 0.334 e. The van der Waals surface area contributed by atoms with Gasteiger partial charge in [0.1, 0.15) is 0 Å². The molecule has 1 atom stereocenters. The Morgan fingerprint density at radius 1 is 1.59 bits per heavy atom. The Morgan fingerprint density at radius 3 is 3.12 bits per heavy atom. The molecule has 1 unspecified atom stereocenters. The van der Waals surface area contributed by atoms with E-state index in [4.69, 9.17) is 9.84 Å². The van der Waals surface area contributed by atoms with Crippen LogP contribution in [-0.2, 0) is 16.0 Å². The summed E-state index contributed by atoms with van der Waals surface area (Å²) >= 11 is 0. The van der Waals surface area contributed by atoms with Gasteiger partial charge in [0.05, 0.1) is 13.2 Å². The number of carboxylic acid groups (broad SMARTS) is 1. The second-order valence-electron chi connectivity index (χ2n) is 4.17. The number of nitrogens with zero attached hydrogens (tertiary/aromatic N) is 1. The SMILES string of the molecule is CCc1cccc(N2CCOC(C(=O)O)C2)c1. The van der Waals surface area contributed by atoms with Crippen LogP contribution in [-0.4, -0.2) is 36.9 Å². The van der Waals surface area contributed by atoms with Crippen molar-refractivity contribution >= 4 is 11.7 Å². The monoisotopic (exact) mass is 235 g/mol. The minimum atomic E-state index is -0.888. The Balaban J connectivity index is 2.13. The largest absolute Gasteiger partial charge is 0.479 e. The van der Waals surface area contributed by atoms with Gasteiger partial charge in [-0.05, 0) is 24.1 Å². The molecule has 92 valence electrons. The van der Waals surface area contributed by atoms with Crippen LogP contribution in [0, 0.1) is 0 Å². The summed E-state index contributed by atoms with van der Waals surface area (Å²) in [6.07, 6.45) is 0.273. The first-order valence-corrected chi connectivity index (χ1v) is 5.89. The van der Waals surface area contributed by atoms with E-state index < -0.39 is 12.1 Å². The number of aliphatic carboxylic acids is 1. The van der Waals surface area contributed by atoms with Gasteiger partial charge in [-0.2, -0.15) is 0 Å². The zero-order valence-electron chi connectivity index (χ0n) is 9.93. The van der Waals surface area contributed by atoms with E-state index in [2.05, 4.69) is 24.0 Å². The van der Waals surface area contributed by atoms with Crippen molar-refractivity contribution in [3.05, 3.63) is 29.8 Å². The van der Waals surface area contributed by atoms with E-state index in [0.29, 0.717) is 13.2 Å². The van der Waals surface area contributed by atoms with Gasteiger partial charge >= 0.3 is 5.97 Å². The maximum absolute atomic E-state index is 10.9. The summed E-state index contributed by atoms with van der Waals surface area (Å²) in [6.45, 7) is 3.74. The van der Waals surface area contributed by atoms with Crippen LogP contribution in [0.1, 0.15) is 12.5 Å². The molecule has 4 nitrogen and oxygen atoms in total. The molecule has 1 aliphatic rings. The standard InChI is InChI=1S/C13H17NO3/c1-2-10-4-3-5-11(8-10)14-6-7-17-12(9-14)13(15)16/h3-5,8,12H,2,6-7,9H2,1H3,(H,15,16). The molecule has 0 saturated carbocycles. The lowest BCUT2D eigenvalue weighted by Gasteiger charge is -2.32. The summed E-state index contributed by atoms with van der Waals surface area (Å²) < 4.78 is 5.21. The van der Waals surface area contributed by atoms with E-state index in [9.17, 15) is 4.79 Å². The fourth-order valence-corrected chi connectivity index (χ4v) is 2.01. The predicted molar refractivity (Wildman–Crippen MR) is 65.4 cm³/mol. The van der Waals surface area contributed by atoms with E-state index in [1.54, 1.807) is 0 Å². The number of hydrogen-bond acceptors (Lipinski definition) is 3. The molecular formula is C13H17NO3. The molecule has 1 aromatic carbocycles. The highest BCUT2D eigenvalue weighted by Crippen LogP contribution is 2.19.